The Labute approximate surface area is 182 Å². The van der Waals surface area contributed by atoms with Crippen LogP contribution in [0.5, 0.6) is 11.5 Å². The van der Waals surface area contributed by atoms with Crippen molar-refractivity contribution in [2.24, 2.45) is 5.10 Å². The molecule has 0 radical (unpaired) electrons. The number of hydrogen-bond acceptors (Lipinski definition) is 6. The van der Waals surface area contributed by atoms with Gasteiger partial charge < -0.3 is 9.47 Å². The number of carbonyl (C=O) groups excluding carboxylic acids is 1. The molecule has 1 saturated heterocycles. The Hall–Kier alpha value is -3.38. The first-order chi connectivity index (χ1) is 15.1. The number of rotatable bonds is 6. The minimum Gasteiger partial charge on any atom is -0.493 e. The lowest BCUT2D eigenvalue weighted by Crippen LogP contribution is -2.43. The van der Waals surface area contributed by atoms with Gasteiger partial charge in [0.15, 0.2) is 11.5 Å². The summed E-state index contributed by atoms with van der Waals surface area (Å²) >= 11 is 0. The number of benzene rings is 3. The maximum atomic E-state index is 11.2. The molecule has 0 amide bonds. The van der Waals surface area contributed by atoms with Gasteiger partial charge in [-0.25, -0.2) is 0 Å². The van der Waals surface area contributed by atoms with Crippen LogP contribution in [0.4, 0.5) is 0 Å². The molecule has 0 atom stereocenters. The Balaban J connectivity index is 1.35. The number of nitrogens with zero attached hydrogens (tertiary/aromatic N) is 3. The van der Waals surface area contributed by atoms with Gasteiger partial charge in [0, 0.05) is 39.6 Å². The van der Waals surface area contributed by atoms with Gasteiger partial charge in [0.1, 0.15) is 0 Å². The third-order valence-corrected chi connectivity index (χ3v) is 5.43. The fraction of sp³-hybridized carbons (Fsp3) is 0.280. The molecule has 3 aromatic rings. The molecule has 6 heteroatoms. The summed E-state index contributed by atoms with van der Waals surface area (Å²) in [6.07, 6.45) is 1.82. The Kier molecular flexibility index (Phi) is 6.48. The van der Waals surface area contributed by atoms with E-state index in [4.69, 9.17) is 9.47 Å². The zero-order chi connectivity index (χ0) is 21.6. The number of hydrazone groups is 1. The molecule has 0 saturated carbocycles. The van der Waals surface area contributed by atoms with Crippen molar-refractivity contribution in [2.45, 2.75) is 13.5 Å². The van der Waals surface area contributed by atoms with E-state index in [1.165, 1.54) is 23.3 Å². The molecular formula is C25H27N3O3. The van der Waals surface area contributed by atoms with Gasteiger partial charge >= 0.3 is 5.97 Å². The van der Waals surface area contributed by atoms with Crippen molar-refractivity contribution in [2.75, 3.05) is 33.3 Å². The van der Waals surface area contributed by atoms with Crippen LogP contribution in [0, 0.1) is 0 Å². The van der Waals surface area contributed by atoms with Crippen LogP contribution in [-0.4, -0.2) is 55.4 Å². The largest absolute Gasteiger partial charge is 0.493 e. The Morgan fingerprint density at radius 3 is 2.55 bits per heavy atom. The van der Waals surface area contributed by atoms with Crippen LogP contribution in [0.2, 0.25) is 0 Å². The first-order valence-electron chi connectivity index (χ1n) is 10.5. The lowest BCUT2D eigenvalue weighted by Gasteiger charge is -2.33. The quantitative estimate of drug-likeness (QED) is 0.346. The molecule has 1 fully saturated rings. The van der Waals surface area contributed by atoms with E-state index in [9.17, 15) is 4.79 Å². The molecule has 4 rings (SSSR count). The Bertz CT molecular complexity index is 1080. The van der Waals surface area contributed by atoms with Crippen molar-refractivity contribution in [3.63, 3.8) is 0 Å². The molecule has 160 valence electrons. The summed E-state index contributed by atoms with van der Waals surface area (Å²) < 4.78 is 10.5. The normalized spacial score (nSPS) is 14.8. The number of fused-ring (bicyclic) bond motifs is 1. The SMILES string of the molecule is COc1cc(/C=N/N2CCN(Cc3cccc4ccccc34)CC2)ccc1OC(C)=O. The summed E-state index contributed by atoms with van der Waals surface area (Å²) in [6.45, 7) is 6.01. The predicted molar refractivity (Wildman–Crippen MR) is 123 cm³/mol. The molecule has 0 bridgehead atoms. The molecule has 1 heterocycles. The number of piperazine rings is 1. The van der Waals surface area contributed by atoms with Crippen LogP contribution in [0.1, 0.15) is 18.1 Å². The number of methoxy groups -OCH3 is 1. The summed E-state index contributed by atoms with van der Waals surface area (Å²) in [7, 11) is 1.55. The number of hydrogen-bond donors (Lipinski definition) is 0. The standard InChI is InChI=1S/C25H27N3O3/c1-19(29)31-24-11-10-20(16-25(24)30-2)17-26-28-14-12-27(13-15-28)18-22-8-5-7-21-6-3-4-9-23(21)22/h3-11,16-17H,12-15,18H2,1-2H3/b26-17+. The van der Waals surface area contributed by atoms with Gasteiger partial charge in [-0.05, 0) is 40.1 Å². The maximum absolute atomic E-state index is 11.2. The number of esters is 1. The first kappa shape index (κ1) is 20.9. The van der Waals surface area contributed by atoms with E-state index in [0.29, 0.717) is 11.5 Å². The summed E-state index contributed by atoms with van der Waals surface area (Å²) in [6, 6.07) is 20.5. The molecule has 1 aliphatic heterocycles. The highest BCUT2D eigenvalue weighted by Gasteiger charge is 2.16. The second-order valence-corrected chi connectivity index (χ2v) is 7.62. The molecule has 31 heavy (non-hydrogen) atoms. The molecular weight excluding hydrogens is 390 g/mol. The second kappa shape index (κ2) is 9.62. The molecule has 1 aliphatic rings. The minimum absolute atomic E-state index is 0.374. The average molecular weight is 418 g/mol. The average Bonchev–Trinajstić information content (AvgIpc) is 2.79. The molecule has 0 spiro atoms. The Morgan fingerprint density at radius 2 is 1.77 bits per heavy atom. The van der Waals surface area contributed by atoms with E-state index >= 15 is 0 Å². The fourth-order valence-electron chi connectivity index (χ4n) is 3.83. The van der Waals surface area contributed by atoms with Crippen LogP contribution in [0.15, 0.2) is 65.8 Å². The number of carbonyl (C=O) groups is 1. The van der Waals surface area contributed by atoms with E-state index in [1.54, 1.807) is 13.2 Å². The summed E-state index contributed by atoms with van der Waals surface area (Å²) in [5.41, 5.74) is 2.26. The Morgan fingerprint density at radius 1 is 1.00 bits per heavy atom. The van der Waals surface area contributed by atoms with Gasteiger partial charge in [0.2, 0.25) is 0 Å². The lowest BCUT2D eigenvalue weighted by atomic mass is 10.0. The van der Waals surface area contributed by atoms with Crippen molar-refractivity contribution in [3.05, 3.63) is 71.8 Å². The van der Waals surface area contributed by atoms with E-state index in [-0.39, 0.29) is 5.97 Å². The van der Waals surface area contributed by atoms with E-state index < -0.39 is 0 Å². The van der Waals surface area contributed by atoms with Crippen molar-refractivity contribution in [1.82, 2.24) is 9.91 Å². The van der Waals surface area contributed by atoms with Gasteiger partial charge in [0.25, 0.3) is 0 Å². The topological polar surface area (TPSA) is 54.4 Å². The van der Waals surface area contributed by atoms with Crippen molar-refractivity contribution in [3.8, 4) is 11.5 Å². The highest BCUT2D eigenvalue weighted by atomic mass is 16.6. The smallest absolute Gasteiger partial charge is 0.308 e. The first-order valence-corrected chi connectivity index (χ1v) is 10.5. The summed E-state index contributed by atoms with van der Waals surface area (Å²) in [5, 5.41) is 9.34. The zero-order valence-electron chi connectivity index (χ0n) is 18.0. The minimum atomic E-state index is -0.374. The van der Waals surface area contributed by atoms with Crippen molar-refractivity contribution in [1.29, 1.82) is 0 Å². The lowest BCUT2D eigenvalue weighted by molar-refractivity contribution is -0.132. The van der Waals surface area contributed by atoms with Gasteiger partial charge in [-0.15, -0.1) is 0 Å². The molecule has 0 N–H and O–H groups in total. The highest BCUT2D eigenvalue weighted by molar-refractivity contribution is 5.85. The number of ether oxygens (including phenoxy) is 2. The second-order valence-electron chi connectivity index (χ2n) is 7.62. The van der Waals surface area contributed by atoms with Gasteiger partial charge in [0.05, 0.1) is 13.3 Å². The third-order valence-electron chi connectivity index (χ3n) is 5.43. The van der Waals surface area contributed by atoms with Crippen LogP contribution >= 0.6 is 0 Å². The zero-order valence-corrected chi connectivity index (χ0v) is 18.0. The predicted octanol–water partition coefficient (Wildman–Crippen LogP) is 3.93. The summed E-state index contributed by atoms with van der Waals surface area (Å²) in [5.74, 6) is 0.550. The fourth-order valence-corrected chi connectivity index (χ4v) is 3.83. The molecule has 0 aliphatic carbocycles. The summed E-state index contributed by atoms with van der Waals surface area (Å²) in [4.78, 5) is 13.7. The van der Waals surface area contributed by atoms with Crippen molar-refractivity contribution >= 4 is 23.0 Å². The molecule has 0 unspecified atom stereocenters. The van der Waals surface area contributed by atoms with E-state index in [2.05, 4.69) is 57.5 Å². The van der Waals surface area contributed by atoms with Gasteiger partial charge in [-0.1, -0.05) is 42.5 Å². The molecule has 0 aromatic heterocycles. The van der Waals surface area contributed by atoms with Crippen LogP contribution in [0.3, 0.4) is 0 Å². The molecule has 6 nitrogen and oxygen atoms in total. The van der Waals surface area contributed by atoms with Crippen LogP contribution in [-0.2, 0) is 11.3 Å². The highest BCUT2D eigenvalue weighted by Crippen LogP contribution is 2.27. The van der Waals surface area contributed by atoms with Crippen LogP contribution < -0.4 is 9.47 Å². The van der Waals surface area contributed by atoms with Crippen molar-refractivity contribution < 1.29 is 14.3 Å². The third kappa shape index (κ3) is 5.22. The van der Waals surface area contributed by atoms with Gasteiger partial charge in [-0.2, -0.15) is 5.10 Å². The molecule has 3 aromatic carbocycles. The monoisotopic (exact) mass is 417 g/mol. The van der Waals surface area contributed by atoms with E-state index in [1.807, 2.05) is 18.3 Å². The van der Waals surface area contributed by atoms with Crippen LogP contribution in [0.25, 0.3) is 10.8 Å². The maximum Gasteiger partial charge on any atom is 0.308 e. The van der Waals surface area contributed by atoms with E-state index in [0.717, 1.165) is 38.3 Å². The van der Waals surface area contributed by atoms with Gasteiger partial charge in [-0.3, -0.25) is 14.7 Å².